The number of hydrogen-bond acceptors (Lipinski definition) is 4. The number of carbonyl (C=O) groups excluding carboxylic acids is 1. The van der Waals surface area contributed by atoms with Crippen molar-refractivity contribution in [3.05, 3.63) is 71.8 Å². The molecule has 23 heavy (non-hydrogen) atoms. The van der Waals surface area contributed by atoms with Gasteiger partial charge in [0, 0.05) is 6.61 Å². The molecule has 0 unspecified atom stereocenters. The van der Waals surface area contributed by atoms with E-state index in [0.29, 0.717) is 17.7 Å². The summed E-state index contributed by atoms with van der Waals surface area (Å²) < 4.78 is 11.2. The first-order chi connectivity index (χ1) is 11.1. The lowest BCUT2D eigenvalue weighted by Gasteiger charge is -2.32. The average Bonchev–Trinajstić information content (AvgIpc) is 2.61. The number of ether oxygens (including phenoxy) is 2. The van der Waals surface area contributed by atoms with Crippen molar-refractivity contribution >= 4 is 5.97 Å². The fourth-order valence-corrected chi connectivity index (χ4v) is 2.46. The third-order valence-corrected chi connectivity index (χ3v) is 3.47. The zero-order valence-electron chi connectivity index (χ0n) is 13.2. The maximum atomic E-state index is 12.9. The van der Waals surface area contributed by atoms with Crippen LogP contribution in [0.4, 0.5) is 0 Å². The highest BCUT2D eigenvalue weighted by molar-refractivity contribution is 5.86. The number of carbonyl (C=O) groups is 1. The lowest BCUT2D eigenvalue weighted by molar-refractivity contribution is -0.170. The number of nitrogens with zero attached hydrogens (tertiary/aromatic N) is 1. The number of esters is 1. The first kappa shape index (κ1) is 16.7. The molecule has 2 aromatic rings. The van der Waals surface area contributed by atoms with E-state index in [-0.39, 0.29) is 0 Å². The molecule has 0 aromatic heterocycles. The van der Waals surface area contributed by atoms with Crippen LogP contribution in [0.5, 0.6) is 0 Å². The highest BCUT2D eigenvalue weighted by Gasteiger charge is 2.45. The summed E-state index contributed by atoms with van der Waals surface area (Å²) in [6, 6.07) is 20.3. The normalized spacial score (nSPS) is 12.2. The lowest BCUT2D eigenvalue weighted by Crippen LogP contribution is -2.42. The van der Waals surface area contributed by atoms with Crippen LogP contribution in [0.2, 0.25) is 0 Å². The Balaban J connectivity index is 2.61. The van der Waals surface area contributed by atoms with Gasteiger partial charge in [0.05, 0.1) is 0 Å². The fourth-order valence-electron chi connectivity index (χ4n) is 2.46. The average molecular weight is 309 g/mol. The van der Waals surface area contributed by atoms with E-state index >= 15 is 0 Å². The Morgan fingerprint density at radius 2 is 1.57 bits per heavy atom. The third-order valence-electron chi connectivity index (χ3n) is 3.47. The maximum Gasteiger partial charge on any atom is 0.349 e. The first-order valence-corrected chi connectivity index (χ1v) is 7.50. The van der Waals surface area contributed by atoms with Crippen LogP contribution in [0.1, 0.15) is 25.0 Å². The third kappa shape index (κ3) is 3.41. The molecular formula is C19H19NO3. The smallest absolute Gasteiger partial charge is 0.349 e. The molecule has 0 spiro atoms. The van der Waals surface area contributed by atoms with Gasteiger partial charge in [0.1, 0.15) is 6.07 Å². The van der Waals surface area contributed by atoms with Crippen LogP contribution in [-0.2, 0) is 19.9 Å². The summed E-state index contributed by atoms with van der Waals surface area (Å²) in [6.07, 6.45) is -0.852. The Labute approximate surface area is 136 Å². The molecule has 2 rings (SSSR count). The summed E-state index contributed by atoms with van der Waals surface area (Å²) in [7, 11) is 0. The molecular weight excluding hydrogens is 290 g/mol. The van der Waals surface area contributed by atoms with Crippen LogP contribution in [0.25, 0.3) is 0 Å². The van der Waals surface area contributed by atoms with Crippen molar-refractivity contribution in [3.63, 3.8) is 0 Å². The summed E-state index contributed by atoms with van der Waals surface area (Å²) in [6.45, 7) is 3.67. The molecule has 4 heteroatoms. The molecule has 118 valence electrons. The summed E-state index contributed by atoms with van der Waals surface area (Å²) >= 11 is 0. The Hall–Kier alpha value is -2.64. The van der Waals surface area contributed by atoms with E-state index in [1.54, 1.807) is 0 Å². The predicted octanol–water partition coefficient (Wildman–Crippen LogP) is 3.42. The molecule has 0 radical (unpaired) electrons. The molecule has 0 heterocycles. The standard InChI is InChI=1S/C19H19NO3/c1-3-22-19(16-10-6-4-7-11-16,17-12-8-5-9-13-17)18(21)23-15(2)14-20/h4-13,15H,3H2,1-2H3/t15-/m0/s1. The summed E-state index contributed by atoms with van der Waals surface area (Å²) in [5, 5.41) is 8.95. The Kier molecular flexibility index (Phi) is 5.51. The number of hydrogen-bond donors (Lipinski definition) is 0. The minimum absolute atomic E-state index is 0.319. The highest BCUT2D eigenvalue weighted by atomic mass is 16.6. The van der Waals surface area contributed by atoms with Crippen molar-refractivity contribution in [2.24, 2.45) is 0 Å². The molecule has 0 bridgehead atoms. The second-order valence-electron chi connectivity index (χ2n) is 5.02. The molecule has 0 amide bonds. The number of nitriles is 1. The van der Waals surface area contributed by atoms with Gasteiger partial charge in [-0.25, -0.2) is 4.79 Å². The summed E-state index contributed by atoms with van der Waals surface area (Å²) in [5.74, 6) is -0.592. The lowest BCUT2D eigenvalue weighted by atomic mass is 9.86. The highest BCUT2D eigenvalue weighted by Crippen LogP contribution is 2.35. The van der Waals surface area contributed by atoms with Gasteiger partial charge in [0.2, 0.25) is 5.60 Å². The largest absolute Gasteiger partial charge is 0.445 e. The molecule has 1 atom stereocenters. The van der Waals surface area contributed by atoms with Crippen LogP contribution in [0, 0.1) is 11.3 Å². The SMILES string of the molecule is CCOC(C(=O)O[C@@H](C)C#N)(c1ccccc1)c1ccccc1. The van der Waals surface area contributed by atoms with Crippen LogP contribution in [0.3, 0.4) is 0 Å². The van der Waals surface area contributed by atoms with Gasteiger partial charge >= 0.3 is 5.97 Å². The van der Waals surface area contributed by atoms with E-state index in [4.69, 9.17) is 14.7 Å². The van der Waals surface area contributed by atoms with E-state index < -0.39 is 17.7 Å². The van der Waals surface area contributed by atoms with E-state index in [1.807, 2.05) is 73.7 Å². The minimum atomic E-state index is -1.39. The molecule has 0 aliphatic heterocycles. The van der Waals surface area contributed by atoms with Crippen LogP contribution >= 0.6 is 0 Å². The fraction of sp³-hybridized carbons (Fsp3) is 0.263. The molecule has 0 aliphatic carbocycles. The molecule has 0 aliphatic rings. The topological polar surface area (TPSA) is 59.3 Å². The van der Waals surface area contributed by atoms with E-state index in [9.17, 15) is 4.79 Å². The molecule has 0 fully saturated rings. The zero-order valence-corrected chi connectivity index (χ0v) is 13.2. The quantitative estimate of drug-likeness (QED) is 0.767. The van der Waals surface area contributed by atoms with Gasteiger partial charge in [-0.05, 0) is 25.0 Å². The Bertz CT molecular complexity index is 637. The van der Waals surface area contributed by atoms with Gasteiger partial charge in [-0.2, -0.15) is 5.26 Å². The second kappa shape index (κ2) is 7.57. The van der Waals surface area contributed by atoms with Crippen LogP contribution in [0.15, 0.2) is 60.7 Å². The Morgan fingerprint density at radius 3 is 1.96 bits per heavy atom. The number of benzene rings is 2. The predicted molar refractivity (Wildman–Crippen MR) is 86.5 cm³/mol. The van der Waals surface area contributed by atoms with Crippen LogP contribution in [-0.4, -0.2) is 18.7 Å². The van der Waals surface area contributed by atoms with Crippen molar-refractivity contribution in [2.45, 2.75) is 25.6 Å². The number of rotatable bonds is 6. The molecule has 2 aromatic carbocycles. The van der Waals surface area contributed by atoms with Crippen molar-refractivity contribution in [1.29, 1.82) is 5.26 Å². The minimum Gasteiger partial charge on any atom is -0.445 e. The monoisotopic (exact) mass is 309 g/mol. The van der Waals surface area contributed by atoms with E-state index in [0.717, 1.165) is 0 Å². The van der Waals surface area contributed by atoms with Gasteiger partial charge in [-0.15, -0.1) is 0 Å². The Morgan fingerprint density at radius 1 is 1.09 bits per heavy atom. The first-order valence-electron chi connectivity index (χ1n) is 7.50. The molecule has 0 saturated carbocycles. The van der Waals surface area contributed by atoms with E-state index in [2.05, 4.69) is 0 Å². The summed E-state index contributed by atoms with van der Waals surface area (Å²) in [4.78, 5) is 12.9. The van der Waals surface area contributed by atoms with Gasteiger partial charge in [0.15, 0.2) is 6.10 Å². The van der Waals surface area contributed by atoms with Gasteiger partial charge in [0.25, 0.3) is 0 Å². The van der Waals surface area contributed by atoms with E-state index in [1.165, 1.54) is 6.92 Å². The second-order valence-corrected chi connectivity index (χ2v) is 5.02. The molecule has 0 saturated heterocycles. The van der Waals surface area contributed by atoms with Gasteiger partial charge < -0.3 is 9.47 Å². The van der Waals surface area contributed by atoms with Gasteiger partial charge in [-0.1, -0.05) is 60.7 Å². The van der Waals surface area contributed by atoms with Crippen LogP contribution < -0.4 is 0 Å². The molecule has 0 N–H and O–H groups in total. The van der Waals surface area contributed by atoms with Crippen molar-refractivity contribution in [1.82, 2.24) is 0 Å². The van der Waals surface area contributed by atoms with Crippen molar-refractivity contribution in [3.8, 4) is 6.07 Å². The maximum absolute atomic E-state index is 12.9. The van der Waals surface area contributed by atoms with Crippen molar-refractivity contribution in [2.75, 3.05) is 6.61 Å². The molecule has 4 nitrogen and oxygen atoms in total. The zero-order chi connectivity index (χ0) is 16.7. The summed E-state index contributed by atoms with van der Waals surface area (Å²) in [5.41, 5.74) is -0.0473. The van der Waals surface area contributed by atoms with Crippen molar-refractivity contribution < 1.29 is 14.3 Å². The van der Waals surface area contributed by atoms with Gasteiger partial charge in [-0.3, -0.25) is 0 Å².